The van der Waals surface area contributed by atoms with Gasteiger partial charge in [-0.25, -0.2) is 0 Å². The molecule has 5 heteroatoms. The topological polar surface area (TPSA) is 84.6 Å². The Kier molecular flexibility index (Phi) is 8.15. The summed E-state index contributed by atoms with van der Waals surface area (Å²) in [5.74, 6) is -0.120. The van der Waals surface area contributed by atoms with E-state index in [0.29, 0.717) is 19.7 Å². The van der Waals surface area contributed by atoms with Crippen LogP contribution >= 0.6 is 0 Å². The van der Waals surface area contributed by atoms with Crippen LogP contribution in [0.4, 0.5) is 0 Å². The molecule has 0 saturated heterocycles. The van der Waals surface area contributed by atoms with Gasteiger partial charge in [-0.3, -0.25) is 4.79 Å². The molecule has 0 unspecified atom stereocenters. The van der Waals surface area contributed by atoms with Crippen molar-refractivity contribution in [1.29, 1.82) is 0 Å². The fourth-order valence-electron chi connectivity index (χ4n) is 1.28. The molecule has 0 aromatic heterocycles. The van der Waals surface area contributed by atoms with E-state index in [-0.39, 0.29) is 24.5 Å². The molecule has 96 valence electrons. The van der Waals surface area contributed by atoms with Gasteiger partial charge in [-0.2, -0.15) is 0 Å². The highest BCUT2D eigenvalue weighted by Crippen LogP contribution is 2.20. The lowest BCUT2D eigenvalue weighted by atomic mass is 9.88. The number of ether oxygens (including phenoxy) is 1. The van der Waals surface area contributed by atoms with E-state index in [1.54, 1.807) is 0 Å². The Balaban J connectivity index is 3.64. The van der Waals surface area contributed by atoms with E-state index in [0.717, 1.165) is 12.8 Å². The SMILES string of the molecule is CC(C)(CCCO)CNC(=O)COCCN. The molecule has 0 aliphatic heterocycles. The minimum atomic E-state index is -0.120. The summed E-state index contributed by atoms with van der Waals surface area (Å²) in [6, 6.07) is 0. The second-order valence-corrected chi connectivity index (χ2v) is 4.61. The van der Waals surface area contributed by atoms with Gasteiger partial charge in [0.2, 0.25) is 5.91 Å². The average molecular weight is 232 g/mol. The van der Waals surface area contributed by atoms with Crippen molar-refractivity contribution in [3.63, 3.8) is 0 Å². The van der Waals surface area contributed by atoms with Gasteiger partial charge in [0.1, 0.15) is 6.61 Å². The number of carbonyl (C=O) groups excluding carboxylic acids is 1. The van der Waals surface area contributed by atoms with E-state index in [9.17, 15) is 4.79 Å². The first-order valence-electron chi connectivity index (χ1n) is 5.67. The van der Waals surface area contributed by atoms with Crippen molar-refractivity contribution in [1.82, 2.24) is 5.32 Å². The number of amides is 1. The molecular formula is C11H24N2O3. The molecule has 0 aromatic rings. The largest absolute Gasteiger partial charge is 0.396 e. The van der Waals surface area contributed by atoms with Crippen molar-refractivity contribution >= 4 is 5.91 Å². The molecule has 0 atom stereocenters. The Hall–Kier alpha value is -0.650. The average Bonchev–Trinajstić information content (AvgIpc) is 2.24. The third-order valence-electron chi connectivity index (χ3n) is 2.27. The van der Waals surface area contributed by atoms with Crippen molar-refractivity contribution in [3.8, 4) is 0 Å². The summed E-state index contributed by atoms with van der Waals surface area (Å²) in [6.45, 7) is 5.80. The Bertz CT molecular complexity index is 196. The standard InChI is InChI=1S/C11H24N2O3/c1-11(2,4-3-6-14)9-13-10(15)8-16-7-5-12/h14H,3-9,12H2,1-2H3,(H,13,15). The molecule has 4 N–H and O–H groups in total. The summed E-state index contributed by atoms with van der Waals surface area (Å²) < 4.78 is 5.01. The third-order valence-corrected chi connectivity index (χ3v) is 2.27. The van der Waals surface area contributed by atoms with Crippen LogP contribution in [0.1, 0.15) is 26.7 Å². The maximum absolute atomic E-state index is 11.3. The molecule has 0 heterocycles. The zero-order valence-electron chi connectivity index (χ0n) is 10.3. The molecule has 0 saturated carbocycles. The second-order valence-electron chi connectivity index (χ2n) is 4.61. The van der Waals surface area contributed by atoms with Gasteiger partial charge < -0.3 is 20.9 Å². The normalized spacial score (nSPS) is 11.5. The van der Waals surface area contributed by atoms with Gasteiger partial charge in [-0.05, 0) is 18.3 Å². The number of nitrogens with two attached hydrogens (primary N) is 1. The maximum atomic E-state index is 11.3. The van der Waals surface area contributed by atoms with Crippen LogP contribution < -0.4 is 11.1 Å². The molecule has 16 heavy (non-hydrogen) atoms. The monoisotopic (exact) mass is 232 g/mol. The summed E-state index contributed by atoms with van der Waals surface area (Å²) in [5, 5.41) is 11.5. The third kappa shape index (κ3) is 8.64. The van der Waals surface area contributed by atoms with E-state index in [1.807, 2.05) is 0 Å². The van der Waals surface area contributed by atoms with Crippen LogP contribution in [0.5, 0.6) is 0 Å². The van der Waals surface area contributed by atoms with E-state index in [1.165, 1.54) is 0 Å². The number of hydrogen-bond donors (Lipinski definition) is 3. The predicted molar refractivity (Wildman–Crippen MR) is 63.0 cm³/mol. The number of carbonyl (C=O) groups is 1. The van der Waals surface area contributed by atoms with Crippen molar-refractivity contribution in [2.45, 2.75) is 26.7 Å². The fraction of sp³-hybridized carbons (Fsp3) is 0.909. The van der Waals surface area contributed by atoms with Gasteiger partial charge in [0.15, 0.2) is 0 Å². The molecule has 5 nitrogen and oxygen atoms in total. The highest BCUT2D eigenvalue weighted by Gasteiger charge is 2.18. The van der Waals surface area contributed by atoms with Crippen LogP contribution in [0.25, 0.3) is 0 Å². The highest BCUT2D eigenvalue weighted by atomic mass is 16.5. The molecule has 1 amide bonds. The molecule has 0 bridgehead atoms. The smallest absolute Gasteiger partial charge is 0.246 e. The molecule has 0 aliphatic rings. The first-order chi connectivity index (χ1) is 7.52. The zero-order valence-corrected chi connectivity index (χ0v) is 10.3. The lowest BCUT2D eigenvalue weighted by molar-refractivity contribution is -0.126. The van der Waals surface area contributed by atoms with Crippen LogP contribution in [0, 0.1) is 5.41 Å². The Morgan fingerprint density at radius 1 is 1.50 bits per heavy atom. The summed E-state index contributed by atoms with van der Waals surface area (Å²) in [6.07, 6.45) is 1.64. The minimum absolute atomic E-state index is 0.00621. The van der Waals surface area contributed by atoms with E-state index in [4.69, 9.17) is 15.6 Å². The molecule has 0 rings (SSSR count). The summed E-state index contributed by atoms with van der Waals surface area (Å²) >= 11 is 0. The molecule has 0 aliphatic carbocycles. The number of rotatable bonds is 9. The lowest BCUT2D eigenvalue weighted by Crippen LogP contribution is -2.36. The van der Waals surface area contributed by atoms with E-state index >= 15 is 0 Å². The summed E-state index contributed by atoms with van der Waals surface area (Å²) in [4.78, 5) is 11.3. The van der Waals surface area contributed by atoms with Crippen molar-refractivity contribution < 1.29 is 14.6 Å². The fourth-order valence-corrected chi connectivity index (χ4v) is 1.28. The van der Waals surface area contributed by atoms with Crippen LogP contribution in [-0.4, -0.2) is 43.9 Å². The minimum Gasteiger partial charge on any atom is -0.396 e. The first-order valence-corrected chi connectivity index (χ1v) is 5.67. The predicted octanol–water partition coefficient (Wildman–Crippen LogP) is -0.123. The van der Waals surface area contributed by atoms with E-state index < -0.39 is 0 Å². The van der Waals surface area contributed by atoms with Crippen LogP contribution in [-0.2, 0) is 9.53 Å². The van der Waals surface area contributed by atoms with Crippen LogP contribution in [0.3, 0.4) is 0 Å². The molecule has 0 aromatic carbocycles. The molecule has 0 radical (unpaired) electrons. The Labute approximate surface area is 97.3 Å². The first kappa shape index (κ1) is 15.3. The second kappa shape index (κ2) is 8.50. The molecular weight excluding hydrogens is 208 g/mol. The van der Waals surface area contributed by atoms with Gasteiger partial charge in [0.25, 0.3) is 0 Å². The summed E-state index contributed by atoms with van der Waals surface area (Å²) in [5.41, 5.74) is 5.24. The number of nitrogens with one attached hydrogen (secondary N) is 1. The van der Waals surface area contributed by atoms with Crippen molar-refractivity contribution in [2.24, 2.45) is 11.1 Å². The highest BCUT2D eigenvalue weighted by molar-refractivity contribution is 5.77. The van der Waals surface area contributed by atoms with Crippen molar-refractivity contribution in [3.05, 3.63) is 0 Å². The van der Waals surface area contributed by atoms with Crippen molar-refractivity contribution in [2.75, 3.05) is 32.9 Å². The number of aliphatic hydroxyl groups excluding tert-OH is 1. The number of hydrogen-bond acceptors (Lipinski definition) is 4. The quantitative estimate of drug-likeness (QED) is 0.484. The van der Waals surface area contributed by atoms with Crippen LogP contribution in [0.15, 0.2) is 0 Å². The molecule has 0 fully saturated rings. The summed E-state index contributed by atoms with van der Waals surface area (Å²) in [7, 11) is 0. The lowest BCUT2D eigenvalue weighted by Gasteiger charge is -2.24. The number of aliphatic hydroxyl groups is 1. The Morgan fingerprint density at radius 2 is 2.19 bits per heavy atom. The van der Waals surface area contributed by atoms with Crippen LogP contribution in [0.2, 0.25) is 0 Å². The maximum Gasteiger partial charge on any atom is 0.246 e. The van der Waals surface area contributed by atoms with Gasteiger partial charge in [0.05, 0.1) is 6.61 Å². The Morgan fingerprint density at radius 3 is 2.75 bits per heavy atom. The van der Waals surface area contributed by atoms with Gasteiger partial charge in [-0.15, -0.1) is 0 Å². The van der Waals surface area contributed by atoms with E-state index in [2.05, 4.69) is 19.2 Å². The zero-order chi connectivity index (χ0) is 12.4. The van der Waals surface area contributed by atoms with Gasteiger partial charge in [0, 0.05) is 19.7 Å². The van der Waals surface area contributed by atoms with Gasteiger partial charge >= 0.3 is 0 Å². The van der Waals surface area contributed by atoms with Gasteiger partial charge in [-0.1, -0.05) is 13.8 Å². The molecule has 0 spiro atoms.